The van der Waals surface area contributed by atoms with Crippen LogP contribution >= 0.6 is 0 Å². The molecular weight excluding hydrogens is 505 g/mol. The molecule has 2 aromatic carbocycles. The molecule has 1 fully saturated rings. The van der Waals surface area contributed by atoms with Gasteiger partial charge in [0.2, 0.25) is 5.60 Å². The number of rotatable bonds is 6. The van der Waals surface area contributed by atoms with Crippen molar-refractivity contribution in [1.29, 1.82) is 0 Å². The molecule has 0 amide bonds. The van der Waals surface area contributed by atoms with Crippen LogP contribution in [0.1, 0.15) is 47.2 Å². The van der Waals surface area contributed by atoms with Gasteiger partial charge in [0.1, 0.15) is 12.8 Å². The quantitative estimate of drug-likeness (QED) is 0.225. The van der Waals surface area contributed by atoms with Crippen LogP contribution in [-0.4, -0.2) is 49.8 Å². The minimum Gasteiger partial charge on any atom is -0.458 e. The molecule has 2 aromatic heterocycles. The van der Waals surface area contributed by atoms with Crippen molar-refractivity contribution >= 4 is 28.9 Å². The van der Waals surface area contributed by atoms with Gasteiger partial charge in [0.05, 0.1) is 17.5 Å². The van der Waals surface area contributed by atoms with Crippen molar-refractivity contribution in [3.8, 4) is 12.3 Å². The number of hydrogen-bond acceptors (Lipinski definition) is 9. The Morgan fingerprint density at radius 1 is 1.15 bits per heavy atom. The van der Waals surface area contributed by atoms with Gasteiger partial charge in [0, 0.05) is 9.11 Å². The minimum atomic E-state index is -2.58. The van der Waals surface area contributed by atoms with E-state index in [4.69, 9.17) is 29.1 Å². The highest BCUT2D eigenvalue weighted by Crippen LogP contribution is 2.40. The fourth-order valence-electron chi connectivity index (χ4n) is 3.98. The molecule has 10 nitrogen and oxygen atoms in total. The van der Waals surface area contributed by atoms with Gasteiger partial charge in [0.25, 0.3) is 0 Å². The Labute approximate surface area is 225 Å². The van der Waals surface area contributed by atoms with Gasteiger partial charge in [-0.3, -0.25) is 4.57 Å². The van der Waals surface area contributed by atoms with Gasteiger partial charge >= 0.3 is 18.0 Å². The van der Waals surface area contributed by atoms with Crippen molar-refractivity contribution in [2.24, 2.45) is 0 Å². The molecule has 0 saturated carbocycles. The number of aryl methyl sites for hydroxylation is 2. The van der Waals surface area contributed by atoms with E-state index in [0.717, 1.165) is 22.0 Å². The summed E-state index contributed by atoms with van der Waals surface area (Å²) >= 11 is 0. The molecule has 1 saturated heterocycles. The first-order valence-electron chi connectivity index (χ1n) is 12.8. The highest BCUT2D eigenvalue weighted by atomic mass is 19.1. The summed E-state index contributed by atoms with van der Waals surface area (Å²) in [5.41, 5.74) is 5.63. The number of nitrogens with zero attached hydrogens (tertiary/aromatic N) is 4. The fraction of sp³-hybridized carbons (Fsp3) is 0.250. The van der Waals surface area contributed by atoms with Crippen molar-refractivity contribution in [2.45, 2.75) is 38.2 Å². The summed E-state index contributed by atoms with van der Waals surface area (Å²) < 4.78 is 50.3. The van der Waals surface area contributed by atoms with E-state index >= 15 is 0 Å². The molecule has 0 unspecified atom stereocenters. The molecular formula is C28H24FN5O5. The molecule has 1 aliphatic rings. The van der Waals surface area contributed by atoms with E-state index in [2.05, 4.69) is 20.9 Å². The van der Waals surface area contributed by atoms with Gasteiger partial charge in [-0.2, -0.15) is 14.4 Å². The Morgan fingerprint density at radius 2 is 1.77 bits per heavy atom. The summed E-state index contributed by atoms with van der Waals surface area (Å²) in [7, 11) is 0. The van der Waals surface area contributed by atoms with E-state index in [1.165, 1.54) is 12.1 Å². The summed E-state index contributed by atoms with van der Waals surface area (Å²) in [5, 5.41) is 0. The SMILES string of the molecule is [2H]C1([2H])[C@H](n2cnc3c(N)nc(F)nc32)O[C@](C#C)(COC(=O)c2ccc(C)cc2)[C@H]1OC(=O)c1ccc(C)cc1. The van der Waals surface area contributed by atoms with Crippen LogP contribution in [0, 0.1) is 32.3 Å². The van der Waals surface area contributed by atoms with Gasteiger partial charge in [-0.1, -0.05) is 41.3 Å². The fourth-order valence-corrected chi connectivity index (χ4v) is 3.98. The topological polar surface area (TPSA) is 131 Å². The minimum absolute atomic E-state index is 0.0111. The van der Waals surface area contributed by atoms with E-state index in [0.29, 0.717) is 0 Å². The third-order valence-corrected chi connectivity index (χ3v) is 6.17. The Kier molecular flexibility index (Phi) is 6.07. The van der Waals surface area contributed by atoms with Crippen LogP contribution < -0.4 is 5.73 Å². The van der Waals surface area contributed by atoms with E-state index in [1.54, 1.807) is 36.4 Å². The van der Waals surface area contributed by atoms with E-state index in [-0.39, 0.29) is 28.1 Å². The number of halogens is 1. The molecule has 39 heavy (non-hydrogen) atoms. The molecule has 2 N–H and O–H groups in total. The number of ether oxygens (including phenoxy) is 3. The first-order valence-corrected chi connectivity index (χ1v) is 11.8. The standard InChI is InChI=1S/C28H24FN5O5/c1-4-28(14-37-25(35)18-9-5-16(2)6-10-18)20(38-26(36)19-11-7-17(3)8-12-19)13-21(39-28)34-15-31-22-23(30)32-27(29)33-24(22)34/h1,5-12,15,20-21H,13-14H2,2-3H3,(H2,30,32,33)/t20-,21+,28+/m0/s1/i13D2. The lowest BCUT2D eigenvalue weighted by atomic mass is 9.98. The smallest absolute Gasteiger partial charge is 0.338 e. The Balaban J connectivity index is 1.54. The van der Waals surface area contributed by atoms with Crippen LogP contribution in [0.3, 0.4) is 0 Å². The molecule has 0 bridgehead atoms. The van der Waals surface area contributed by atoms with Gasteiger partial charge < -0.3 is 19.9 Å². The van der Waals surface area contributed by atoms with Crippen LogP contribution in [0.4, 0.5) is 10.2 Å². The molecule has 3 heterocycles. The predicted octanol–water partition coefficient (Wildman–Crippen LogP) is 3.54. The van der Waals surface area contributed by atoms with E-state index in [1.807, 2.05) is 13.8 Å². The second kappa shape index (κ2) is 10.2. The molecule has 0 spiro atoms. The van der Waals surface area contributed by atoms with Gasteiger partial charge in [-0.15, -0.1) is 6.42 Å². The zero-order chi connectivity index (χ0) is 29.5. The summed E-state index contributed by atoms with van der Waals surface area (Å²) in [6.07, 6.45) is -0.203. The number of fused-ring (bicyclic) bond motifs is 1. The van der Waals surface area contributed by atoms with Crippen molar-refractivity contribution in [3.63, 3.8) is 0 Å². The number of nitrogens with two attached hydrogens (primary N) is 1. The third kappa shape index (κ3) is 5.02. The number of terminal acetylenes is 1. The monoisotopic (exact) mass is 531 g/mol. The summed E-state index contributed by atoms with van der Waals surface area (Å²) in [5.74, 6) is 0.424. The van der Waals surface area contributed by atoms with Crippen LogP contribution in [0.5, 0.6) is 0 Å². The number of esters is 2. The molecule has 1 aliphatic heterocycles. The lowest BCUT2D eigenvalue weighted by Gasteiger charge is -2.28. The molecule has 4 aromatic rings. The number of benzene rings is 2. The molecule has 11 heteroatoms. The lowest BCUT2D eigenvalue weighted by molar-refractivity contribution is -0.0967. The number of anilines is 1. The molecule has 5 rings (SSSR count). The maximum atomic E-state index is 14.1. The Bertz CT molecular complexity index is 1690. The zero-order valence-corrected chi connectivity index (χ0v) is 20.9. The van der Waals surface area contributed by atoms with E-state index < -0.39 is 48.9 Å². The van der Waals surface area contributed by atoms with Gasteiger partial charge in [-0.25, -0.2) is 14.6 Å². The highest BCUT2D eigenvalue weighted by Gasteiger charge is 2.52. The second-order valence-electron chi connectivity index (χ2n) is 8.97. The predicted molar refractivity (Wildman–Crippen MR) is 138 cm³/mol. The van der Waals surface area contributed by atoms with Gasteiger partial charge in [-0.05, 0) is 38.1 Å². The molecule has 0 radical (unpaired) electrons. The Morgan fingerprint density at radius 3 is 2.38 bits per heavy atom. The van der Waals surface area contributed by atoms with Gasteiger partial charge in [0.15, 0.2) is 23.1 Å². The van der Waals surface area contributed by atoms with Crippen LogP contribution in [0.25, 0.3) is 11.2 Å². The van der Waals surface area contributed by atoms with E-state index in [9.17, 15) is 14.0 Å². The number of imidazole rings is 1. The van der Waals surface area contributed by atoms with Crippen molar-refractivity contribution in [2.75, 3.05) is 12.3 Å². The Hall–Kier alpha value is -4.82. The third-order valence-electron chi connectivity index (χ3n) is 6.17. The van der Waals surface area contributed by atoms with Crippen molar-refractivity contribution in [3.05, 3.63) is 83.2 Å². The number of nitrogen functional groups attached to an aromatic ring is 1. The second-order valence-corrected chi connectivity index (χ2v) is 8.97. The number of carbonyl (C=O) groups is 2. The average molecular weight is 532 g/mol. The molecule has 3 atom stereocenters. The maximum Gasteiger partial charge on any atom is 0.338 e. The zero-order valence-electron chi connectivity index (χ0n) is 22.9. The number of aromatic nitrogens is 4. The summed E-state index contributed by atoms with van der Waals surface area (Å²) in [6.45, 7) is 3.01. The maximum absolute atomic E-state index is 14.1. The van der Waals surface area contributed by atoms with Crippen LogP contribution in [0.2, 0.25) is 0 Å². The number of hydrogen-bond donors (Lipinski definition) is 1. The summed E-state index contributed by atoms with van der Waals surface area (Å²) in [4.78, 5) is 37.2. The largest absolute Gasteiger partial charge is 0.458 e. The van der Waals surface area contributed by atoms with Crippen molar-refractivity contribution < 1.29 is 30.9 Å². The first-order chi connectivity index (χ1) is 19.4. The normalized spacial score (nSPS) is 22.5. The lowest BCUT2D eigenvalue weighted by Crippen LogP contribution is -2.45. The first kappa shape index (κ1) is 23.3. The summed E-state index contributed by atoms with van der Waals surface area (Å²) in [6, 6.07) is 13.0. The highest BCUT2D eigenvalue weighted by molar-refractivity contribution is 5.90. The molecule has 0 aliphatic carbocycles. The number of carbonyl (C=O) groups excluding carboxylic acids is 2. The van der Waals surface area contributed by atoms with Crippen molar-refractivity contribution in [1.82, 2.24) is 19.5 Å². The average Bonchev–Trinajstić information content (AvgIpc) is 3.45. The molecule has 198 valence electrons. The van der Waals surface area contributed by atoms with Crippen LogP contribution in [0.15, 0.2) is 54.9 Å². The van der Waals surface area contributed by atoms with Crippen LogP contribution in [-0.2, 0) is 14.2 Å².